The fourth-order valence-corrected chi connectivity index (χ4v) is 4.86. The van der Waals surface area contributed by atoms with E-state index in [9.17, 15) is 4.79 Å². The second kappa shape index (κ2) is 6.30. The van der Waals surface area contributed by atoms with E-state index < -0.39 is 0 Å². The lowest BCUT2D eigenvalue weighted by Crippen LogP contribution is -2.21. The quantitative estimate of drug-likeness (QED) is 0.862. The molecular weight excluding hydrogens is 294 g/mol. The normalized spacial score (nSPS) is 27.6. The van der Waals surface area contributed by atoms with Gasteiger partial charge in [0, 0.05) is 12.5 Å². The van der Waals surface area contributed by atoms with Crippen molar-refractivity contribution in [3.63, 3.8) is 0 Å². The van der Waals surface area contributed by atoms with E-state index in [-0.39, 0.29) is 17.3 Å². The summed E-state index contributed by atoms with van der Waals surface area (Å²) in [4.78, 5) is 11.6. The highest BCUT2D eigenvalue weighted by Crippen LogP contribution is 2.35. The summed E-state index contributed by atoms with van der Waals surface area (Å²) < 4.78 is 6.00. The molecule has 0 spiro atoms. The summed E-state index contributed by atoms with van der Waals surface area (Å²) in [6, 6.07) is 0.533. The first-order valence-corrected chi connectivity index (χ1v) is 8.87. The standard InChI is InChI=1S/C13H19N3O2S2/c1-8-7-10(11(17)18-8)19-13-16-15-12(20-13)14-9-5-3-2-4-6-9/h8-10H,2-7H2,1H3,(H,14,15)/t8-,10-/m0/s1. The molecule has 1 aromatic rings. The molecule has 1 saturated carbocycles. The Morgan fingerprint density at radius 3 is 2.80 bits per heavy atom. The highest BCUT2D eigenvalue weighted by Gasteiger charge is 2.33. The Hall–Kier alpha value is -0.820. The molecule has 1 aliphatic carbocycles. The van der Waals surface area contributed by atoms with Crippen LogP contribution >= 0.6 is 23.1 Å². The third-order valence-electron chi connectivity index (χ3n) is 3.71. The number of aromatic nitrogens is 2. The maximum Gasteiger partial charge on any atom is 0.319 e. The maximum atomic E-state index is 11.6. The van der Waals surface area contributed by atoms with Crippen LogP contribution in [0.3, 0.4) is 0 Å². The molecule has 3 rings (SSSR count). The third kappa shape index (κ3) is 3.44. The van der Waals surface area contributed by atoms with Crippen LogP contribution in [0, 0.1) is 0 Å². The van der Waals surface area contributed by atoms with Gasteiger partial charge in [-0.05, 0) is 19.8 Å². The first-order valence-electron chi connectivity index (χ1n) is 7.18. The number of esters is 1. The average molecular weight is 313 g/mol. The summed E-state index contributed by atoms with van der Waals surface area (Å²) in [6.07, 6.45) is 7.15. The van der Waals surface area contributed by atoms with Gasteiger partial charge in [0.05, 0.1) is 0 Å². The number of hydrogen-bond acceptors (Lipinski definition) is 7. The van der Waals surface area contributed by atoms with E-state index in [0.717, 1.165) is 15.9 Å². The molecule has 0 radical (unpaired) electrons. The van der Waals surface area contributed by atoms with Gasteiger partial charge < -0.3 is 10.1 Å². The van der Waals surface area contributed by atoms with Crippen LogP contribution in [0.25, 0.3) is 0 Å². The van der Waals surface area contributed by atoms with E-state index in [2.05, 4.69) is 15.5 Å². The van der Waals surface area contributed by atoms with Gasteiger partial charge in [-0.25, -0.2) is 0 Å². The molecule has 2 atom stereocenters. The number of cyclic esters (lactones) is 1. The Bertz CT molecular complexity index is 474. The number of nitrogens with one attached hydrogen (secondary N) is 1. The van der Waals surface area contributed by atoms with Crippen LogP contribution < -0.4 is 5.32 Å². The van der Waals surface area contributed by atoms with Crippen molar-refractivity contribution in [2.75, 3.05) is 5.32 Å². The Morgan fingerprint density at radius 1 is 1.30 bits per heavy atom. The van der Waals surface area contributed by atoms with Crippen LogP contribution in [0.1, 0.15) is 45.4 Å². The van der Waals surface area contributed by atoms with Crippen LogP contribution in [0.4, 0.5) is 5.13 Å². The number of carbonyl (C=O) groups is 1. The van der Waals surface area contributed by atoms with Crippen molar-refractivity contribution in [2.45, 2.75) is 67.2 Å². The molecule has 7 heteroatoms. The molecule has 0 bridgehead atoms. The monoisotopic (exact) mass is 313 g/mol. The molecule has 1 saturated heterocycles. The molecule has 20 heavy (non-hydrogen) atoms. The first-order chi connectivity index (χ1) is 9.70. The van der Waals surface area contributed by atoms with Crippen molar-refractivity contribution >= 4 is 34.2 Å². The van der Waals surface area contributed by atoms with Crippen LogP contribution in [0.15, 0.2) is 4.34 Å². The number of thioether (sulfide) groups is 1. The van der Waals surface area contributed by atoms with Crippen LogP contribution in [0.5, 0.6) is 0 Å². The number of rotatable bonds is 4. The number of anilines is 1. The van der Waals surface area contributed by atoms with Gasteiger partial charge in [0.15, 0.2) is 4.34 Å². The topological polar surface area (TPSA) is 64.1 Å². The molecule has 5 nitrogen and oxygen atoms in total. The van der Waals surface area contributed by atoms with E-state index in [1.807, 2.05) is 6.92 Å². The minimum absolute atomic E-state index is 0.0211. The van der Waals surface area contributed by atoms with Crippen molar-refractivity contribution < 1.29 is 9.53 Å². The van der Waals surface area contributed by atoms with Crippen molar-refractivity contribution in [1.82, 2.24) is 10.2 Å². The SMILES string of the molecule is C[C@H]1C[C@H](Sc2nnc(NC3CCCCC3)s2)C(=O)O1. The summed E-state index contributed by atoms with van der Waals surface area (Å²) in [5.41, 5.74) is 0. The maximum absolute atomic E-state index is 11.6. The molecule has 2 fully saturated rings. The smallest absolute Gasteiger partial charge is 0.319 e. The molecule has 1 aromatic heterocycles. The molecule has 0 aromatic carbocycles. The van der Waals surface area contributed by atoms with Gasteiger partial charge in [0.2, 0.25) is 5.13 Å². The largest absolute Gasteiger partial charge is 0.462 e. The van der Waals surface area contributed by atoms with Gasteiger partial charge in [-0.3, -0.25) is 4.79 Å². The van der Waals surface area contributed by atoms with Crippen LogP contribution in [-0.2, 0) is 9.53 Å². The highest BCUT2D eigenvalue weighted by molar-refractivity contribution is 8.02. The molecule has 2 heterocycles. The third-order valence-corrected chi connectivity index (χ3v) is 5.85. The Morgan fingerprint density at radius 2 is 2.10 bits per heavy atom. The summed E-state index contributed by atoms with van der Waals surface area (Å²) in [5.74, 6) is -0.125. The first kappa shape index (κ1) is 14.1. The number of carbonyl (C=O) groups excluding carboxylic acids is 1. The molecule has 0 unspecified atom stereocenters. The second-order valence-corrected chi connectivity index (χ2v) is 7.87. The zero-order chi connectivity index (χ0) is 13.9. The average Bonchev–Trinajstić information content (AvgIpc) is 2.98. The molecule has 110 valence electrons. The van der Waals surface area contributed by atoms with E-state index >= 15 is 0 Å². The minimum atomic E-state index is -0.125. The van der Waals surface area contributed by atoms with Gasteiger partial charge in [0.1, 0.15) is 11.4 Å². The predicted octanol–water partition coefficient (Wildman–Crippen LogP) is 3.08. The zero-order valence-corrected chi connectivity index (χ0v) is 13.1. The van der Waals surface area contributed by atoms with Gasteiger partial charge in [-0.15, -0.1) is 10.2 Å². The van der Waals surface area contributed by atoms with E-state index in [1.165, 1.54) is 55.2 Å². The van der Waals surface area contributed by atoms with Crippen LogP contribution in [0.2, 0.25) is 0 Å². The van der Waals surface area contributed by atoms with E-state index in [1.54, 1.807) is 0 Å². The summed E-state index contributed by atoms with van der Waals surface area (Å²) in [7, 11) is 0. The van der Waals surface area contributed by atoms with Crippen LogP contribution in [-0.4, -0.2) is 33.6 Å². The van der Waals surface area contributed by atoms with Gasteiger partial charge >= 0.3 is 5.97 Å². The fourth-order valence-electron chi connectivity index (χ4n) is 2.68. The lowest BCUT2D eigenvalue weighted by Gasteiger charge is -2.21. The van der Waals surface area contributed by atoms with Gasteiger partial charge in [-0.2, -0.15) is 0 Å². The van der Waals surface area contributed by atoms with Crippen molar-refractivity contribution in [3.05, 3.63) is 0 Å². The zero-order valence-electron chi connectivity index (χ0n) is 11.5. The molecule has 1 aliphatic heterocycles. The Balaban J connectivity index is 1.55. The Labute approximate surface area is 126 Å². The molecular formula is C13H19N3O2S2. The van der Waals surface area contributed by atoms with Crippen molar-refractivity contribution in [1.29, 1.82) is 0 Å². The van der Waals surface area contributed by atoms with E-state index in [4.69, 9.17) is 4.74 Å². The minimum Gasteiger partial charge on any atom is -0.462 e. The number of nitrogens with zero attached hydrogens (tertiary/aromatic N) is 2. The predicted molar refractivity (Wildman–Crippen MR) is 80.2 cm³/mol. The Kier molecular flexibility index (Phi) is 4.45. The lowest BCUT2D eigenvalue weighted by atomic mass is 9.96. The summed E-state index contributed by atoms with van der Waals surface area (Å²) in [6.45, 7) is 1.93. The van der Waals surface area contributed by atoms with Crippen molar-refractivity contribution in [3.8, 4) is 0 Å². The summed E-state index contributed by atoms with van der Waals surface area (Å²) in [5, 5.41) is 12.6. The van der Waals surface area contributed by atoms with E-state index in [0.29, 0.717) is 6.04 Å². The van der Waals surface area contributed by atoms with Gasteiger partial charge in [-0.1, -0.05) is 42.4 Å². The molecule has 0 amide bonds. The molecule has 1 N–H and O–H groups in total. The lowest BCUT2D eigenvalue weighted by molar-refractivity contribution is -0.140. The number of hydrogen-bond donors (Lipinski definition) is 1. The van der Waals surface area contributed by atoms with Crippen molar-refractivity contribution in [2.24, 2.45) is 0 Å². The second-order valence-electron chi connectivity index (χ2n) is 5.44. The summed E-state index contributed by atoms with van der Waals surface area (Å²) >= 11 is 3.01. The fraction of sp³-hybridized carbons (Fsp3) is 0.769. The van der Waals surface area contributed by atoms with Gasteiger partial charge in [0.25, 0.3) is 0 Å². The molecule has 2 aliphatic rings. The highest BCUT2D eigenvalue weighted by atomic mass is 32.2. The number of ether oxygens (including phenoxy) is 1.